The molecule has 0 unspecified atom stereocenters. The van der Waals surface area contributed by atoms with E-state index in [0.717, 1.165) is 26.5 Å². The predicted octanol–water partition coefficient (Wildman–Crippen LogP) is 2.40. The van der Waals surface area contributed by atoms with E-state index in [9.17, 15) is 22.8 Å². The smallest absolute Gasteiger partial charge is 0.293 e. The van der Waals surface area contributed by atoms with Crippen molar-refractivity contribution in [1.29, 1.82) is 0 Å². The summed E-state index contributed by atoms with van der Waals surface area (Å²) in [7, 11) is -0.723. The van der Waals surface area contributed by atoms with Gasteiger partial charge in [-0.15, -0.1) is 0 Å². The summed E-state index contributed by atoms with van der Waals surface area (Å²) in [6.45, 7) is 0.114. The number of thioether (sulfide) groups is 1. The molecule has 3 amide bonds. The topological polar surface area (TPSA) is 104 Å². The number of amides is 3. The molecule has 31 heavy (non-hydrogen) atoms. The molecule has 0 radical (unpaired) electrons. The fourth-order valence-corrected chi connectivity index (χ4v) is 4.53. The first kappa shape index (κ1) is 22.7. The number of imide groups is 1. The zero-order chi connectivity index (χ0) is 22.6. The fourth-order valence-electron chi connectivity index (χ4n) is 2.77. The van der Waals surface area contributed by atoms with Gasteiger partial charge in [-0.05, 0) is 47.7 Å². The number of nitrogens with one attached hydrogen (secondary N) is 1. The summed E-state index contributed by atoms with van der Waals surface area (Å²) < 4.78 is 25.3. The molecule has 8 nitrogen and oxygen atoms in total. The van der Waals surface area contributed by atoms with Crippen molar-refractivity contribution in [2.45, 2.75) is 4.90 Å². The van der Waals surface area contributed by atoms with Crippen LogP contribution in [0.3, 0.4) is 0 Å². The third kappa shape index (κ3) is 5.22. The number of carbonyl (C=O) groups excluding carboxylic acids is 3. The first-order chi connectivity index (χ1) is 14.7. The van der Waals surface area contributed by atoms with Crippen LogP contribution in [0.5, 0.6) is 0 Å². The van der Waals surface area contributed by atoms with E-state index >= 15 is 0 Å². The highest BCUT2D eigenvalue weighted by molar-refractivity contribution is 8.18. The minimum atomic E-state index is -3.58. The minimum absolute atomic E-state index is 0.0373. The molecule has 2 aromatic rings. The Hall–Kier alpha value is -2.95. The Balaban J connectivity index is 1.57. The molecule has 0 aliphatic carbocycles. The van der Waals surface area contributed by atoms with Gasteiger partial charge in [0.1, 0.15) is 0 Å². The van der Waals surface area contributed by atoms with E-state index in [1.54, 1.807) is 6.08 Å². The summed E-state index contributed by atoms with van der Waals surface area (Å²) in [5.74, 6) is -0.827. The maximum atomic E-state index is 12.5. The van der Waals surface area contributed by atoms with E-state index in [2.05, 4.69) is 5.32 Å². The Morgan fingerprint density at radius 2 is 1.71 bits per heavy atom. The summed E-state index contributed by atoms with van der Waals surface area (Å²) in [6, 6.07) is 14.8. The average molecular weight is 460 g/mol. The molecule has 162 valence electrons. The maximum Gasteiger partial charge on any atom is 0.293 e. The van der Waals surface area contributed by atoms with Crippen molar-refractivity contribution in [3.63, 3.8) is 0 Å². The molecule has 10 heteroatoms. The van der Waals surface area contributed by atoms with Crippen molar-refractivity contribution in [2.75, 3.05) is 27.2 Å². The lowest BCUT2D eigenvalue weighted by Crippen LogP contribution is -2.37. The Bertz CT molecular complexity index is 1130. The second-order valence-corrected chi connectivity index (χ2v) is 9.96. The van der Waals surface area contributed by atoms with Gasteiger partial charge in [0.25, 0.3) is 17.1 Å². The molecule has 1 N–H and O–H groups in total. The monoisotopic (exact) mass is 459 g/mol. The average Bonchev–Trinajstić information content (AvgIpc) is 3.01. The van der Waals surface area contributed by atoms with Crippen LogP contribution in [0.1, 0.15) is 15.9 Å². The lowest BCUT2D eigenvalue weighted by Gasteiger charge is -2.13. The first-order valence-electron chi connectivity index (χ1n) is 9.31. The molecule has 1 saturated heterocycles. The first-order valence-corrected chi connectivity index (χ1v) is 11.6. The standard InChI is InChI=1S/C21H21N3O5S2/c1-23(2)31(28,29)17-10-8-16(9-11-17)19(25)22-12-13-24-20(26)18(30-21(24)27)14-15-6-4-3-5-7-15/h3-11,14H,12-13H2,1-2H3,(H,22,25)/b18-14+. The SMILES string of the molecule is CN(C)S(=O)(=O)c1ccc(C(=O)NCCN2C(=O)S/C(=C/c3ccccc3)C2=O)cc1. The molecule has 3 rings (SSSR count). The molecule has 2 aromatic carbocycles. The normalized spacial score (nSPS) is 15.7. The number of nitrogens with zero attached hydrogens (tertiary/aromatic N) is 2. The van der Waals surface area contributed by atoms with Gasteiger partial charge in [-0.3, -0.25) is 19.3 Å². The van der Waals surface area contributed by atoms with Gasteiger partial charge in [-0.2, -0.15) is 0 Å². The molecule has 1 aliphatic heterocycles. The zero-order valence-electron chi connectivity index (χ0n) is 16.9. The molecule has 0 aromatic heterocycles. The molecule has 0 bridgehead atoms. The van der Waals surface area contributed by atoms with E-state index in [4.69, 9.17) is 0 Å². The van der Waals surface area contributed by atoms with Crippen LogP contribution in [0.25, 0.3) is 6.08 Å². The lowest BCUT2D eigenvalue weighted by molar-refractivity contribution is -0.122. The molecule has 0 spiro atoms. The van der Waals surface area contributed by atoms with Gasteiger partial charge in [0.15, 0.2) is 0 Å². The van der Waals surface area contributed by atoms with E-state index in [-0.39, 0.29) is 28.8 Å². The molecule has 1 aliphatic rings. The third-order valence-corrected chi connectivity index (χ3v) is 7.22. The highest BCUT2D eigenvalue weighted by atomic mass is 32.2. The van der Waals surface area contributed by atoms with Crippen molar-refractivity contribution in [3.8, 4) is 0 Å². The van der Waals surface area contributed by atoms with Gasteiger partial charge in [-0.1, -0.05) is 30.3 Å². The highest BCUT2D eigenvalue weighted by Gasteiger charge is 2.34. The van der Waals surface area contributed by atoms with E-state index in [0.29, 0.717) is 4.91 Å². The fraction of sp³-hybridized carbons (Fsp3) is 0.190. The number of sulfonamides is 1. The largest absolute Gasteiger partial charge is 0.350 e. The highest BCUT2D eigenvalue weighted by Crippen LogP contribution is 2.31. The third-order valence-electron chi connectivity index (χ3n) is 4.49. The minimum Gasteiger partial charge on any atom is -0.350 e. The summed E-state index contributed by atoms with van der Waals surface area (Å²) in [6.07, 6.45) is 1.66. The number of rotatable bonds is 7. The van der Waals surface area contributed by atoms with E-state index in [1.165, 1.54) is 38.4 Å². The van der Waals surface area contributed by atoms with Crippen molar-refractivity contribution < 1.29 is 22.8 Å². The van der Waals surface area contributed by atoms with Crippen LogP contribution in [-0.4, -0.2) is 61.9 Å². The van der Waals surface area contributed by atoms with Crippen LogP contribution in [-0.2, 0) is 14.8 Å². The molecule has 0 saturated carbocycles. The van der Waals surface area contributed by atoms with Gasteiger partial charge in [0, 0.05) is 32.7 Å². The lowest BCUT2D eigenvalue weighted by atomic mass is 10.2. The maximum absolute atomic E-state index is 12.5. The quantitative estimate of drug-likeness (QED) is 0.638. The number of hydrogen-bond donors (Lipinski definition) is 1. The predicted molar refractivity (Wildman–Crippen MR) is 119 cm³/mol. The van der Waals surface area contributed by atoms with Crippen molar-refractivity contribution in [2.24, 2.45) is 0 Å². The second-order valence-electron chi connectivity index (χ2n) is 6.81. The van der Waals surface area contributed by atoms with Crippen LogP contribution in [0.15, 0.2) is 64.4 Å². The van der Waals surface area contributed by atoms with Crippen molar-refractivity contribution in [1.82, 2.24) is 14.5 Å². The van der Waals surface area contributed by atoms with E-state index < -0.39 is 21.8 Å². The molecular formula is C21H21N3O5S2. The van der Waals surface area contributed by atoms with Gasteiger partial charge < -0.3 is 5.32 Å². The second kappa shape index (κ2) is 9.46. The van der Waals surface area contributed by atoms with Gasteiger partial charge in [0.05, 0.1) is 9.80 Å². The number of hydrogen-bond acceptors (Lipinski definition) is 6. The van der Waals surface area contributed by atoms with Crippen LogP contribution in [0, 0.1) is 0 Å². The van der Waals surface area contributed by atoms with Crippen molar-refractivity contribution >= 4 is 44.9 Å². The molecule has 1 fully saturated rings. The summed E-state index contributed by atoms with van der Waals surface area (Å²) in [4.78, 5) is 38.5. The Labute approximate surface area is 185 Å². The van der Waals surface area contributed by atoms with Crippen LogP contribution in [0.2, 0.25) is 0 Å². The van der Waals surface area contributed by atoms with Crippen LogP contribution < -0.4 is 5.32 Å². The van der Waals surface area contributed by atoms with Crippen LogP contribution >= 0.6 is 11.8 Å². The van der Waals surface area contributed by atoms with Gasteiger partial charge in [0.2, 0.25) is 10.0 Å². The molecule has 0 atom stereocenters. The zero-order valence-corrected chi connectivity index (χ0v) is 18.6. The summed E-state index contributed by atoms with van der Waals surface area (Å²) >= 11 is 0.863. The van der Waals surface area contributed by atoms with E-state index in [1.807, 2.05) is 30.3 Å². The van der Waals surface area contributed by atoms with Gasteiger partial charge >= 0.3 is 0 Å². The van der Waals surface area contributed by atoms with Gasteiger partial charge in [-0.25, -0.2) is 12.7 Å². The summed E-state index contributed by atoms with van der Waals surface area (Å²) in [5, 5.41) is 2.25. The number of benzene rings is 2. The molecular weight excluding hydrogens is 438 g/mol. The molecule has 1 heterocycles. The summed E-state index contributed by atoms with van der Waals surface area (Å²) in [5.41, 5.74) is 1.09. The Morgan fingerprint density at radius 1 is 1.06 bits per heavy atom. The Morgan fingerprint density at radius 3 is 2.32 bits per heavy atom. The van der Waals surface area contributed by atoms with Crippen LogP contribution in [0.4, 0.5) is 4.79 Å². The Kier molecular flexibility index (Phi) is 6.94. The van der Waals surface area contributed by atoms with Crippen molar-refractivity contribution in [3.05, 3.63) is 70.6 Å². The number of carbonyl (C=O) groups is 3.